The molecule has 7 nitrogen and oxygen atoms in total. The average Bonchev–Trinajstić information content (AvgIpc) is 3.49. The van der Waals surface area contributed by atoms with E-state index >= 15 is 0 Å². The van der Waals surface area contributed by atoms with Crippen molar-refractivity contribution in [2.75, 3.05) is 18.1 Å². The van der Waals surface area contributed by atoms with Crippen LogP contribution in [-0.2, 0) is 9.59 Å². The first kappa shape index (κ1) is 26.9. The van der Waals surface area contributed by atoms with Crippen molar-refractivity contribution >= 4 is 44.5 Å². The van der Waals surface area contributed by atoms with Crippen LogP contribution in [0.5, 0.6) is 11.5 Å². The van der Waals surface area contributed by atoms with Crippen LogP contribution in [0.4, 0.5) is 5.13 Å². The molecule has 0 bridgehead atoms. The van der Waals surface area contributed by atoms with Crippen LogP contribution < -0.4 is 14.4 Å². The van der Waals surface area contributed by atoms with E-state index in [-0.39, 0.29) is 12.2 Å². The number of benzene rings is 3. The first-order valence-electron chi connectivity index (χ1n) is 12.8. The lowest BCUT2D eigenvalue weighted by Gasteiger charge is -2.25. The summed E-state index contributed by atoms with van der Waals surface area (Å²) in [6.45, 7) is 8.19. The third-order valence-electron chi connectivity index (χ3n) is 6.38. The molecule has 2 heterocycles. The monoisotopic (exact) mass is 552 g/mol. The van der Waals surface area contributed by atoms with E-state index in [2.05, 4.69) is 6.58 Å². The smallest absolute Gasteiger partial charge is 0.296 e. The lowest BCUT2D eigenvalue weighted by molar-refractivity contribution is -0.117. The number of aliphatic hydroxyl groups is 1. The molecule has 1 aliphatic rings. The molecule has 0 saturated carbocycles. The van der Waals surface area contributed by atoms with Gasteiger partial charge in [0.15, 0.2) is 28.2 Å². The number of ketones is 1. The van der Waals surface area contributed by atoms with Gasteiger partial charge >= 0.3 is 0 Å². The summed E-state index contributed by atoms with van der Waals surface area (Å²) < 4.78 is 12.5. The number of amides is 1. The number of allylic oxidation sites excluding steroid dienone is 1. The number of aromatic nitrogens is 1. The zero-order chi connectivity index (χ0) is 28.2. The first-order chi connectivity index (χ1) is 19.4. The van der Waals surface area contributed by atoms with Gasteiger partial charge in [-0.1, -0.05) is 72.5 Å². The van der Waals surface area contributed by atoms with E-state index in [1.165, 1.54) is 22.3 Å². The van der Waals surface area contributed by atoms with Crippen LogP contribution in [0.1, 0.15) is 29.7 Å². The fraction of sp³-hybridized carbons (Fsp3) is 0.156. The molecule has 4 aromatic rings. The van der Waals surface area contributed by atoms with Gasteiger partial charge in [-0.15, -0.1) is 0 Å². The molecule has 1 aromatic heterocycles. The molecule has 3 aromatic carbocycles. The van der Waals surface area contributed by atoms with Crippen molar-refractivity contribution < 1.29 is 24.2 Å². The van der Waals surface area contributed by atoms with Gasteiger partial charge in [0, 0.05) is 0 Å². The standard InChI is InChI=1S/C32H28N2O5S/c1-4-17-39-25-16-13-22(19-26(25)38-5-2)29-28(24(35)15-12-21-9-7-6-8-10-21)30(36)31(37)34(29)32-33-23-14-11-20(3)18-27(23)40-32/h4,6-16,18-19,29,36H,1,5,17H2,2-3H3. The van der Waals surface area contributed by atoms with Crippen LogP contribution >= 0.6 is 11.3 Å². The van der Waals surface area contributed by atoms with Crippen LogP contribution in [-0.4, -0.2) is 35.0 Å². The molecule has 40 heavy (non-hydrogen) atoms. The number of thiazole rings is 1. The highest BCUT2D eigenvalue weighted by atomic mass is 32.1. The van der Waals surface area contributed by atoms with Crippen LogP contribution in [0.25, 0.3) is 16.3 Å². The quantitative estimate of drug-likeness (QED) is 0.173. The Morgan fingerprint density at radius 3 is 2.65 bits per heavy atom. The number of nitrogens with zero attached hydrogens (tertiary/aromatic N) is 2. The molecular weight excluding hydrogens is 524 g/mol. The SMILES string of the molecule is C=CCOc1ccc(C2C(C(=O)C=Cc3ccccc3)=C(O)C(=O)N2c2nc3ccc(C)cc3s2)cc1OCC. The second kappa shape index (κ2) is 11.6. The molecule has 5 rings (SSSR count). The van der Waals surface area contributed by atoms with Crippen LogP contribution in [0.3, 0.4) is 0 Å². The summed E-state index contributed by atoms with van der Waals surface area (Å²) in [5, 5.41) is 11.5. The average molecular weight is 553 g/mol. The van der Waals surface area contributed by atoms with Crippen molar-refractivity contribution in [3.8, 4) is 11.5 Å². The minimum absolute atomic E-state index is 0.0326. The van der Waals surface area contributed by atoms with Gasteiger partial charge in [-0.2, -0.15) is 0 Å². The third kappa shape index (κ3) is 5.26. The van der Waals surface area contributed by atoms with Crippen molar-refractivity contribution in [2.24, 2.45) is 0 Å². The van der Waals surface area contributed by atoms with Crippen molar-refractivity contribution in [1.29, 1.82) is 0 Å². The maximum absolute atomic E-state index is 13.6. The van der Waals surface area contributed by atoms with Crippen molar-refractivity contribution in [2.45, 2.75) is 19.9 Å². The summed E-state index contributed by atoms with van der Waals surface area (Å²) >= 11 is 1.33. The topological polar surface area (TPSA) is 89.0 Å². The fourth-order valence-electron chi connectivity index (χ4n) is 4.55. The summed E-state index contributed by atoms with van der Waals surface area (Å²) in [5.41, 5.74) is 3.14. The number of ether oxygens (including phenoxy) is 2. The Morgan fingerprint density at radius 2 is 1.90 bits per heavy atom. The van der Waals surface area contributed by atoms with E-state index in [0.717, 1.165) is 21.3 Å². The van der Waals surface area contributed by atoms with Gasteiger partial charge in [0.2, 0.25) is 0 Å². The minimum Gasteiger partial charge on any atom is -0.503 e. The normalized spacial score (nSPS) is 15.3. The number of aliphatic hydroxyl groups excluding tert-OH is 1. The molecule has 1 amide bonds. The molecule has 0 spiro atoms. The molecule has 1 aliphatic heterocycles. The van der Waals surface area contributed by atoms with Crippen LogP contribution in [0, 0.1) is 6.92 Å². The second-order valence-electron chi connectivity index (χ2n) is 9.15. The highest BCUT2D eigenvalue weighted by Gasteiger charge is 2.45. The molecular formula is C32H28N2O5S. The molecule has 0 radical (unpaired) electrons. The highest BCUT2D eigenvalue weighted by Crippen LogP contribution is 2.45. The number of fused-ring (bicyclic) bond motifs is 1. The van der Waals surface area contributed by atoms with E-state index in [4.69, 9.17) is 14.5 Å². The van der Waals surface area contributed by atoms with Crippen molar-refractivity contribution in [3.63, 3.8) is 0 Å². The summed E-state index contributed by atoms with van der Waals surface area (Å²) in [6.07, 6.45) is 4.66. The van der Waals surface area contributed by atoms with Gasteiger partial charge in [0.25, 0.3) is 5.91 Å². The van der Waals surface area contributed by atoms with E-state index in [1.54, 1.807) is 30.4 Å². The Morgan fingerprint density at radius 1 is 1.10 bits per heavy atom. The number of hydrogen-bond acceptors (Lipinski definition) is 7. The predicted molar refractivity (Wildman–Crippen MR) is 158 cm³/mol. The van der Waals surface area contributed by atoms with Gasteiger partial charge in [-0.3, -0.25) is 14.5 Å². The zero-order valence-corrected chi connectivity index (χ0v) is 23.0. The van der Waals surface area contributed by atoms with Gasteiger partial charge in [-0.25, -0.2) is 4.98 Å². The predicted octanol–water partition coefficient (Wildman–Crippen LogP) is 6.75. The lowest BCUT2D eigenvalue weighted by atomic mass is 9.95. The molecule has 1 atom stereocenters. The molecule has 1 unspecified atom stereocenters. The van der Waals surface area contributed by atoms with Crippen molar-refractivity contribution in [3.05, 3.63) is 113 Å². The molecule has 8 heteroatoms. The maximum Gasteiger partial charge on any atom is 0.296 e. The first-order valence-corrected chi connectivity index (χ1v) is 13.6. The number of rotatable bonds is 10. The number of hydrogen-bond donors (Lipinski definition) is 1. The van der Waals surface area contributed by atoms with Crippen LogP contribution in [0.2, 0.25) is 0 Å². The largest absolute Gasteiger partial charge is 0.503 e. The number of carbonyl (C=O) groups excluding carboxylic acids is 2. The zero-order valence-electron chi connectivity index (χ0n) is 22.2. The summed E-state index contributed by atoms with van der Waals surface area (Å²) in [7, 11) is 0. The van der Waals surface area contributed by atoms with E-state index in [0.29, 0.717) is 28.8 Å². The summed E-state index contributed by atoms with van der Waals surface area (Å²) in [4.78, 5) is 33.3. The fourth-order valence-corrected chi connectivity index (χ4v) is 5.64. The molecule has 202 valence electrons. The lowest BCUT2D eigenvalue weighted by Crippen LogP contribution is -2.30. The Bertz CT molecular complexity index is 1650. The van der Waals surface area contributed by atoms with Gasteiger partial charge in [0.1, 0.15) is 6.61 Å². The van der Waals surface area contributed by atoms with E-state index in [9.17, 15) is 14.7 Å². The molecule has 1 N–H and O–H groups in total. The van der Waals surface area contributed by atoms with E-state index in [1.807, 2.05) is 62.4 Å². The Labute approximate surface area is 236 Å². The minimum atomic E-state index is -0.935. The molecule has 0 saturated heterocycles. The third-order valence-corrected chi connectivity index (χ3v) is 7.40. The second-order valence-corrected chi connectivity index (χ2v) is 10.2. The number of anilines is 1. The van der Waals surface area contributed by atoms with Gasteiger partial charge in [-0.05, 0) is 60.9 Å². The number of aryl methyl sites for hydroxylation is 1. The van der Waals surface area contributed by atoms with Gasteiger partial charge < -0.3 is 14.6 Å². The van der Waals surface area contributed by atoms with Gasteiger partial charge in [0.05, 0.1) is 28.4 Å². The summed E-state index contributed by atoms with van der Waals surface area (Å²) in [6, 6.07) is 19.5. The van der Waals surface area contributed by atoms with Crippen LogP contribution in [0.15, 0.2) is 96.8 Å². The van der Waals surface area contributed by atoms with E-state index < -0.39 is 23.5 Å². The Kier molecular flexibility index (Phi) is 7.79. The molecule has 0 fully saturated rings. The molecule has 0 aliphatic carbocycles. The Balaban J connectivity index is 1.63. The maximum atomic E-state index is 13.6. The number of carbonyl (C=O) groups is 2. The highest BCUT2D eigenvalue weighted by molar-refractivity contribution is 7.22. The summed E-state index contributed by atoms with van der Waals surface area (Å²) in [5.74, 6) is -0.826. The Hall–Kier alpha value is -4.69. The van der Waals surface area contributed by atoms with Crippen molar-refractivity contribution in [1.82, 2.24) is 4.98 Å².